The van der Waals surface area contributed by atoms with Crippen molar-refractivity contribution in [1.29, 1.82) is 0 Å². The Morgan fingerprint density at radius 3 is 2.27 bits per heavy atom. The van der Waals surface area contributed by atoms with E-state index < -0.39 is 5.60 Å². The lowest BCUT2D eigenvalue weighted by Crippen LogP contribution is -2.45. The van der Waals surface area contributed by atoms with Crippen LogP contribution in [0.3, 0.4) is 0 Å². The molecule has 3 nitrogen and oxygen atoms in total. The first-order valence-corrected chi connectivity index (χ1v) is 3.93. The molecule has 0 bridgehead atoms. The summed E-state index contributed by atoms with van der Waals surface area (Å²) in [5, 5.41) is 9.48. The van der Waals surface area contributed by atoms with Crippen molar-refractivity contribution < 1.29 is 9.90 Å². The maximum absolute atomic E-state index is 10.6. The topological polar surface area (TPSA) is 63.3 Å². The zero-order chi connectivity index (χ0) is 8.65. The fourth-order valence-electron chi connectivity index (χ4n) is 1.43. The van der Waals surface area contributed by atoms with Gasteiger partial charge in [0.25, 0.3) is 0 Å². The van der Waals surface area contributed by atoms with E-state index >= 15 is 0 Å². The van der Waals surface area contributed by atoms with Crippen LogP contribution in [0.2, 0.25) is 0 Å². The maximum atomic E-state index is 10.6. The number of carbonyl (C=O) groups excluding carboxylic acids is 1. The van der Waals surface area contributed by atoms with Gasteiger partial charge in [0, 0.05) is 5.92 Å². The van der Waals surface area contributed by atoms with Crippen LogP contribution in [0.5, 0.6) is 0 Å². The molecule has 0 aliphatic heterocycles. The number of hydrogen-bond acceptors (Lipinski definition) is 2. The average molecular weight is 157 g/mol. The fourth-order valence-corrected chi connectivity index (χ4v) is 1.43. The first-order valence-electron chi connectivity index (χ1n) is 3.93. The van der Waals surface area contributed by atoms with Crippen LogP contribution in [0.15, 0.2) is 0 Å². The van der Waals surface area contributed by atoms with Crippen LogP contribution >= 0.6 is 0 Å². The second kappa shape index (κ2) is 2.48. The molecule has 0 heterocycles. The molecule has 0 atom stereocenters. The summed E-state index contributed by atoms with van der Waals surface area (Å²) in [5.74, 6) is 0.0249. The van der Waals surface area contributed by atoms with Crippen molar-refractivity contribution in [3.63, 3.8) is 0 Å². The smallest absolute Gasteiger partial charge is 0.220 e. The lowest BCUT2D eigenvalue weighted by molar-refractivity contribution is -0.130. The van der Waals surface area contributed by atoms with Gasteiger partial charge in [-0.25, -0.2) is 0 Å². The third kappa shape index (κ3) is 1.71. The molecular weight excluding hydrogens is 142 g/mol. The molecule has 1 aliphatic rings. The lowest BCUT2D eigenvalue weighted by atomic mass is 9.67. The van der Waals surface area contributed by atoms with E-state index in [0.29, 0.717) is 0 Å². The van der Waals surface area contributed by atoms with E-state index in [-0.39, 0.29) is 17.7 Å². The zero-order valence-corrected chi connectivity index (χ0v) is 7.00. The molecule has 1 aliphatic carbocycles. The summed E-state index contributed by atoms with van der Waals surface area (Å²) in [6, 6.07) is 0. The minimum Gasteiger partial charge on any atom is -0.390 e. The maximum Gasteiger partial charge on any atom is 0.220 e. The van der Waals surface area contributed by atoms with Crippen molar-refractivity contribution in [1.82, 2.24) is 0 Å². The van der Waals surface area contributed by atoms with E-state index in [9.17, 15) is 9.90 Å². The highest BCUT2D eigenvalue weighted by molar-refractivity contribution is 5.77. The normalized spacial score (nSPS) is 31.2. The molecule has 64 valence electrons. The molecule has 1 amide bonds. The highest BCUT2D eigenvalue weighted by atomic mass is 16.3. The first-order chi connectivity index (χ1) is 4.91. The Kier molecular flexibility index (Phi) is 1.92. The predicted molar refractivity (Wildman–Crippen MR) is 41.7 cm³/mol. The Hall–Kier alpha value is -0.570. The van der Waals surface area contributed by atoms with Gasteiger partial charge in [-0.1, -0.05) is 0 Å². The van der Waals surface area contributed by atoms with Gasteiger partial charge >= 0.3 is 0 Å². The molecule has 0 radical (unpaired) electrons. The number of primary amides is 1. The van der Waals surface area contributed by atoms with E-state index in [2.05, 4.69) is 0 Å². The molecule has 0 saturated heterocycles. The van der Waals surface area contributed by atoms with Gasteiger partial charge in [-0.15, -0.1) is 0 Å². The Morgan fingerprint density at radius 2 is 2.00 bits per heavy atom. The van der Waals surface area contributed by atoms with Crippen molar-refractivity contribution in [2.75, 3.05) is 0 Å². The van der Waals surface area contributed by atoms with Crippen LogP contribution in [0, 0.1) is 11.8 Å². The van der Waals surface area contributed by atoms with Crippen LogP contribution in [0.1, 0.15) is 26.7 Å². The number of carbonyl (C=O) groups is 1. The molecule has 0 aromatic heterocycles. The van der Waals surface area contributed by atoms with Gasteiger partial charge in [0.05, 0.1) is 5.60 Å². The number of rotatable bonds is 2. The summed E-state index contributed by atoms with van der Waals surface area (Å²) in [6.45, 7) is 3.55. The molecular formula is C8H15NO2. The van der Waals surface area contributed by atoms with Crippen LogP contribution in [0.4, 0.5) is 0 Å². The van der Waals surface area contributed by atoms with Crippen molar-refractivity contribution >= 4 is 5.91 Å². The highest BCUT2D eigenvalue weighted by Gasteiger charge is 2.41. The third-order valence-corrected chi connectivity index (χ3v) is 2.54. The number of hydrogen-bond donors (Lipinski definition) is 2. The summed E-state index contributed by atoms with van der Waals surface area (Å²) in [7, 11) is 0. The largest absolute Gasteiger partial charge is 0.390 e. The monoisotopic (exact) mass is 157 g/mol. The van der Waals surface area contributed by atoms with Gasteiger partial charge in [-0.2, -0.15) is 0 Å². The number of aliphatic hydroxyl groups is 1. The minimum atomic E-state index is -0.647. The second-order valence-corrected chi connectivity index (χ2v) is 3.92. The van der Waals surface area contributed by atoms with Gasteiger partial charge in [-0.3, -0.25) is 4.79 Å². The Morgan fingerprint density at radius 1 is 1.55 bits per heavy atom. The van der Waals surface area contributed by atoms with Gasteiger partial charge in [0.15, 0.2) is 0 Å². The molecule has 1 rings (SSSR count). The lowest BCUT2D eigenvalue weighted by Gasteiger charge is -2.40. The molecule has 0 unspecified atom stereocenters. The molecule has 1 saturated carbocycles. The van der Waals surface area contributed by atoms with E-state index in [4.69, 9.17) is 5.73 Å². The number of amides is 1. The Labute approximate surface area is 66.6 Å². The van der Waals surface area contributed by atoms with E-state index in [0.717, 1.165) is 12.8 Å². The zero-order valence-electron chi connectivity index (χ0n) is 7.00. The Balaban J connectivity index is 2.35. The molecule has 0 aromatic rings. The van der Waals surface area contributed by atoms with E-state index in [1.165, 1.54) is 0 Å². The van der Waals surface area contributed by atoms with E-state index in [1.54, 1.807) is 13.8 Å². The van der Waals surface area contributed by atoms with Crippen LogP contribution < -0.4 is 5.73 Å². The van der Waals surface area contributed by atoms with Crippen molar-refractivity contribution in [2.45, 2.75) is 32.3 Å². The summed E-state index contributed by atoms with van der Waals surface area (Å²) in [5.41, 5.74) is 4.44. The molecule has 0 aromatic carbocycles. The van der Waals surface area contributed by atoms with Crippen molar-refractivity contribution in [3.05, 3.63) is 0 Å². The second-order valence-electron chi connectivity index (χ2n) is 3.92. The molecule has 0 spiro atoms. The minimum absolute atomic E-state index is 0.00595. The van der Waals surface area contributed by atoms with Crippen LogP contribution in [0.25, 0.3) is 0 Å². The summed E-state index contributed by atoms with van der Waals surface area (Å²) in [4.78, 5) is 10.6. The first kappa shape index (κ1) is 8.53. The number of nitrogens with two attached hydrogens (primary N) is 1. The van der Waals surface area contributed by atoms with Crippen LogP contribution in [-0.2, 0) is 4.79 Å². The van der Waals surface area contributed by atoms with Gasteiger partial charge in [0.1, 0.15) is 0 Å². The predicted octanol–water partition coefficient (Wildman–Crippen LogP) is 0.269. The van der Waals surface area contributed by atoms with Crippen molar-refractivity contribution in [3.8, 4) is 0 Å². The quantitative estimate of drug-likeness (QED) is 0.604. The van der Waals surface area contributed by atoms with Gasteiger partial charge in [-0.05, 0) is 32.6 Å². The fraction of sp³-hybridized carbons (Fsp3) is 0.875. The third-order valence-electron chi connectivity index (χ3n) is 2.54. The summed E-state index contributed by atoms with van der Waals surface area (Å²) < 4.78 is 0. The average Bonchev–Trinajstić information content (AvgIpc) is 1.51. The molecule has 11 heavy (non-hydrogen) atoms. The standard InChI is InChI=1S/C8H15NO2/c1-8(2,11)6-3-5(4-6)7(9)10/h5-6,11H,3-4H2,1-2H3,(H2,9,10). The van der Waals surface area contributed by atoms with Crippen LogP contribution in [-0.4, -0.2) is 16.6 Å². The molecule has 3 N–H and O–H groups in total. The molecule has 1 fully saturated rings. The SMILES string of the molecule is CC(C)(O)C1CC(C(N)=O)C1. The van der Waals surface area contributed by atoms with Gasteiger partial charge < -0.3 is 10.8 Å². The Bertz CT molecular complexity index is 165. The highest BCUT2D eigenvalue weighted by Crippen LogP contribution is 2.40. The van der Waals surface area contributed by atoms with Gasteiger partial charge in [0.2, 0.25) is 5.91 Å². The van der Waals surface area contributed by atoms with Crippen molar-refractivity contribution in [2.24, 2.45) is 17.6 Å². The van der Waals surface area contributed by atoms with E-state index in [1.807, 2.05) is 0 Å². The summed E-state index contributed by atoms with van der Waals surface area (Å²) >= 11 is 0. The molecule has 3 heteroatoms. The summed E-state index contributed by atoms with van der Waals surface area (Å²) in [6.07, 6.45) is 1.50.